The second kappa shape index (κ2) is 6.97. The fraction of sp³-hybridized carbons (Fsp3) is 0.294. The molecule has 0 saturated carbocycles. The number of carbonyl (C=O) groups excluding carboxylic acids is 2. The van der Waals surface area contributed by atoms with Crippen molar-refractivity contribution in [2.75, 3.05) is 33.3 Å². The lowest BCUT2D eigenvalue weighted by Gasteiger charge is -2.34. The smallest absolute Gasteiger partial charge is 0.257 e. The van der Waals surface area contributed by atoms with Crippen LogP contribution in [-0.2, 0) is 0 Å². The van der Waals surface area contributed by atoms with Crippen molar-refractivity contribution in [3.8, 4) is 5.75 Å². The first-order valence-corrected chi connectivity index (χ1v) is 7.92. The first kappa shape index (κ1) is 16.4. The average Bonchev–Trinajstić information content (AvgIpc) is 3.15. The van der Waals surface area contributed by atoms with Gasteiger partial charge in [-0.3, -0.25) is 9.59 Å². The Hall–Kier alpha value is -2.47. The third-order valence-corrected chi connectivity index (χ3v) is 4.25. The minimum absolute atomic E-state index is 0.0869. The number of amides is 2. The molecule has 0 aliphatic carbocycles. The van der Waals surface area contributed by atoms with Gasteiger partial charge in [-0.1, -0.05) is 11.6 Å². The molecule has 0 spiro atoms. The van der Waals surface area contributed by atoms with Gasteiger partial charge in [-0.05, 0) is 24.3 Å². The first-order valence-electron chi connectivity index (χ1n) is 7.54. The molecule has 1 aliphatic heterocycles. The van der Waals surface area contributed by atoms with Gasteiger partial charge in [0.05, 0.1) is 24.5 Å². The molecule has 6 nitrogen and oxygen atoms in total. The van der Waals surface area contributed by atoms with Crippen molar-refractivity contribution < 1.29 is 18.7 Å². The van der Waals surface area contributed by atoms with E-state index >= 15 is 0 Å². The van der Waals surface area contributed by atoms with Gasteiger partial charge >= 0.3 is 0 Å². The van der Waals surface area contributed by atoms with Crippen molar-refractivity contribution in [2.45, 2.75) is 0 Å². The second-order valence-corrected chi connectivity index (χ2v) is 5.88. The van der Waals surface area contributed by atoms with E-state index in [2.05, 4.69) is 0 Å². The summed E-state index contributed by atoms with van der Waals surface area (Å²) in [6, 6.07) is 6.59. The molecule has 1 fully saturated rings. The van der Waals surface area contributed by atoms with E-state index in [1.54, 1.807) is 34.1 Å². The SMILES string of the molecule is COc1ccc(Cl)cc1C(=O)N1CCN(C(=O)c2ccoc2)CC1. The van der Waals surface area contributed by atoms with Crippen molar-refractivity contribution in [1.82, 2.24) is 9.80 Å². The monoisotopic (exact) mass is 348 g/mol. The highest BCUT2D eigenvalue weighted by Gasteiger charge is 2.27. The number of carbonyl (C=O) groups is 2. The number of nitrogens with zero attached hydrogens (tertiary/aromatic N) is 2. The molecule has 2 heterocycles. The summed E-state index contributed by atoms with van der Waals surface area (Å²) in [5.74, 6) is 0.252. The summed E-state index contributed by atoms with van der Waals surface area (Å²) in [7, 11) is 1.52. The van der Waals surface area contributed by atoms with E-state index < -0.39 is 0 Å². The quantitative estimate of drug-likeness (QED) is 0.855. The van der Waals surface area contributed by atoms with Crippen molar-refractivity contribution >= 4 is 23.4 Å². The minimum atomic E-state index is -0.148. The molecular formula is C17H17ClN2O4. The number of rotatable bonds is 3. The van der Waals surface area contributed by atoms with E-state index in [9.17, 15) is 9.59 Å². The number of halogens is 1. The molecule has 1 aromatic carbocycles. The molecule has 0 bridgehead atoms. The molecule has 0 N–H and O–H groups in total. The number of ether oxygens (including phenoxy) is 1. The average molecular weight is 349 g/mol. The van der Waals surface area contributed by atoms with E-state index in [0.717, 1.165) is 0 Å². The van der Waals surface area contributed by atoms with Crippen molar-refractivity contribution in [3.63, 3.8) is 0 Å². The molecule has 2 aromatic rings. The zero-order valence-corrected chi connectivity index (χ0v) is 14.0. The molecule has 3 rings (SSSR count). The largest absolute Gasteiger partial charge is 0.496 e. The highest BCUT2D eigenvalue weighted by atomic mass is 35.5. The Balaban J connectivity index is 1.67. The van der Waals surface area contributed by atoms with Gasteiger partial charge in [0.15, 0.2) is 0 Å². The van der Waals surface area contributed by atoms with E-state index in [4.69, 9.17) is 20.8 Å². The van der Waals surface area contributed by atoms with Gasteiger partial charge in [0.1, 0.15) is 12.0 Å². The Kier molecular flexibility index (Phi) is 4.76. The fourth-order valence-electron chi connectivity index (χ4n) is 2.70. The summed E-state index contributed by atoms with van der Waals surface area (Å²) < 4.78 is 10.2. The van der Waals surface area contributed by atoms with Crippen LogP contribution in [-0.4, -0.2) is 54.9 Å². The maximum Gasteiger partial charge on any atom is 0.257 e. The van der Waals surface area contributed by atoms with Crippen LogP contribution in [0.4, 0.5) is 0 Å². The molecular weight excluding hydrogens is 332 g/mol. The topological polar surface area (TPSA) is 63.0 Å². The minimum Gasteiger partial charge on any atom is -0.496 e. The van der Waals surface area contributed by atoms with Crippen LogP contribution in [0.25, 0.3) is 0 Å². The molecule has 1 aromatic heterocycles. The van der Waals surface area contributed by atoms with Crippen LogP contribution in [0, 0.1) is 0 Å². The number of hydrogen-bond acceptors (Lipinski definition) is 4. The van der Waals surface area contributed by atoms with Gasteiger partial charge in [0.2, 0.25) is 0 Å². The van der Waals surface area contributed by atoms with Crippen LogP contribution in [0.15, 0.2) is 41.2 Å². The summed E-state index contributed by atoms with van der Waals surface area (Å²) in [6.45, 7) is 1.85. The Bertz CT molecular complexity index is 737. The van der Waals surface area contributed by atoms with Gasteiger partial charge in [0, 0.05) is 31.2 Å². The zero-order valence-electron chi connectivity index (χ0n) is 13.2. The van der Waals surface area contributed by atoms with Gasteiger partial charge in [-0.15, -0.1) is 0 Å². The van der Waals surface area contributed by atoms with Gasteiger partial charge in [0.25, 0.3) is 11.8 Å². The lowest BCUT2D eigenvalue weighted by Crippen LogP contribution is -2.50. The molecule has 1 aliphatic rings. The van der Waals surface area contributed by atoms with Crippen LogP contribution in [0.5, 0.6) is 5.75 Å². The highest BCUT2D eigenvalue weighted by molar-refractivity contribution is 6.31. The van der Waals surface area contributed by atoms with Gasteiger partial charge < -0.3 is 19.0 Å². The number of benzene rings is 1. The molecule has 0 radical (unpaired) electrons. The zero-order chi connectivity index (χ0) is 17.1. The highest BCUT2D eigenvalue weighted by Crippen LogP contribution is 2.24. The number of hydrogen-bond donors (Lipinski definition) is 0. The number of furan rings is 1. The van der Waals surface area contributed by atoms with Crippen molar-refractivity contribution in [1.29, 1.82) is 0 Å². The Morgan fingerprint density at radius 2 is 1.75 bits per heavy atom. The molecule has 0 unspecified atom stereocenters. The van der Waals surface area contributed by atoms with Crippen molar-refractivity contribution in [3.05, 3.63) is 52.9 Å². The van der Waals surface area contributed by atoms with E-state index in [0.29, 0.717) is 48.1 Å². The van der Waals surface area contributed by atoms with Crippen LogP contribution in [0.3, 0.4) is 0 Å². The second-order valence-electron chi connectivity index (χ2n) is 5.44. The Labute approximate surface area is 144 Å². The van der Waals surface area contributed by atoms with Crippen LogP contribution in [0.1, 0.15) is 20.7 Å². The maximum absolute atomic E-state index is 12.7. The molecule has 1 saturated heterocycles. The van der Waals surface area contributed by atoms with Gasteiger partial charge in [-0.2, -0.15) is 0 Å². The number of piperazine rings is 1. The van der Waals surface area contributed by atoms with E-state index in [1.165, 1.54) is 19.6 Å². The summed E-state index contributed by atoms with van der Waals surface area (Å²) in [6.07, 6.45) is 2.90. The molecule has 2 amide bonds. The third kappa shape index (κ3) is 3.23. The van der Waals surface area contributed by atoms with Crippen LogP contribution >= 0.6 is 11.6 Å². The molecule has 24 heavy (non-hydrogen) atoms. The molecule has 7 heteroatoms. The van der Waals surface area contributed by atoms with E-state index in [1.807, 2.05) is 0 Å². The maximum atomic E-state index is 12.7. The molecule has 0 atom stereocenters. The predicted octanol–water partition coefficient (Wildman–Crippen LogP) is 2.54. The van der Waals surface area contributed by atoms with Crippen molar-refractivity contribution in [2.24, 2.45) is 0 Å². The van der Waals surface area contributed by atoms with Crippen LogP contribution < -0.4 is 4.74 Å². The summed E-state index contributed by atoms with van der Waals surface area (Å²) in [4.78, 5) is 28.4. The normalized spacial score (nSPS) is 14.6. The number of methoxy groups -OCH3 is 1. The summed E-state index contributed by atoms with van der Waals surface area (Å²) in [5, 5.41) is 0.480. The fourth-order valence-corrected chi connectivity index (χ4v) is 2.87. The lowest BCUT2D eigenvalue weighted by atomic mass is 10.1. The third-order valence-electron chi connectivity index (χ3n) is 4.01. The summed E-state index contributed by atoms with van der Waals surface area (Å²) in [5.41, 5.74) is 0.950. The first-order chi connectivity index (χ1) is 11.6. The Morgan fingerprint density at radius 1 is 1.08 bits per heavy atom. The Morgan fingerprint density at radius 3 is 2.33 bits per heavy atom. The van der Waals surface area contributed by atoms with Crippen LogP contribution in [0.2, 0.25) is 5.02 Å². The standard InChI is InChI=1S/C17H17ClN2O4/c1-23-15-3-2-13(18)10-14(15)17(22)20-7-5-19(6-8-20)16(21)12-4-9-24-11-12/h2-4,9-11H,5-8H2,1H3. The molecule has 126 valence electrons. The van der Waals surface area contributed by atoms with Gasteiger partial charge in [-0.25, -0.2) is 0 Å². The lowest BCUT2D eigenvalue weighted by molar-refractivity contribution is 0.0533. The van der Waals surface area contributed by atoms with E-state index in [-0.39, 0.29) is 11.8 Å². The predicted molar refractivity (Wildman–Crippen MR) is 88.5 cm³/mol. The summed E-state index contributed by atoms with van der Waals surface area (Å²) >= 11 is 5.99.